The average Bonchev–Trinajstić information content (AvgIpc) is 2.67. The minimum Gasteiger partial charge on any atom is -0.372 e. The fourth-order valence-electron chi connectivity index (χ4n) is 4.13. The number of ether oxygens (including phenoxy) is 1. The van der Waals surface area contributed by atoms with Crippen molar-refractivity contribution in [3.05, 3.63) is 18.3 Å². The van der Waals surface area contributed by atoms with E-state index >= 15 is 0 Å². The zero-order valence-electron chi connectivity index (χ0n) is 19.2. The van der Waals surface area contributed by atoms with Crippen molar-refractivity contribution in [2.75, 3.05) is 23.3 Å². The highest BCUT2D eigenvalue weighted by molar-refractivity contribution is 7.90. The molecule has 1 saturated carbocycles. The zero-order chi connectivity index (χ0) is 22.8. The molecule has 1 amide bonds. The van der Waals surface area contributed by atoms with Crippen molar-refractivity contribution in [2.45, 2.75) is 83.3 Å². The normalized spacial score (nSPS) is 27.7. The van der Waals surface area contributed by atoms with Gasteiger partial charge in [-0.2, -0.15) is 0 Å². The predicted molar refractivity (Wildman–Crippen MR) is 123 cm³/mol. The standard InChI is InChI=1S/C22H36N4O4S/c1-15-13-26(14-16(2)30-15)20-11-10-19(12-23-20)24-21(27)17-6-8-18(9-7-17)25-31(28,29)22(3,4)5/h10-12,15-18,25H,6-9,13-14H2,1-5H3,(H,24,27)/t15-,16+,17-,18-. The Bertz CT molecular complexity index is 848. The number of anilines is 2. The summed E-state index contributed by atoms with van der Waals surface area (Å²) in [7, 11) is -3.37. The molecule has 8 nitrogen and oxygen atoms in total. The number of hydrogen-bond donors (Lipinski definition) is 2. The van der Waals surface area contributed by atoms with Crippen molar-refractivity contribution < 1.29 is 17.9 Å². The van der Waals surface area contributed by atoms with Gasteiger partial charge in [0.2, 0.25) is 15.9 Å². The van der Waals surface area contributed by atoms with Gasteiger partial charge < -0.3 is 15.0 Å². The molecule has 9 heteroatoms. The summed E-state index contributed by atoms with van der Waals surface area (Å²) in [5.74, 6) is 0.739. The van der Waals surface area contributed by atoms with Crippen LogP contribution < -0.4 is 14.9 Å². The topological polar surface area (TPSA) is 101 Å². The van der Waals surface area contributed by atoms with Gasteiger partial charge in [-0.15, -0.1) is 0 Å². The van der Waals surface area contributed by atoms with Gasteiger partial charge in [-0.3, -0.25) is 4.79 Å². The van der Waals surface area contributed by atoms with Crippen LogP contribution >= 0.6 is 0 Å². The third kappa shape index (κ3) is 6.17. The summed E-state index contributed by atoms with van der Waals surface area (Å²) >= 11 is 0. The Balaban J connectivity index is 1.50. The highest BCUT2D eigenvalue weighted by atomic mass is 32.2. The summed E-state index contributed by atoms with van der Waals surface area (Å²) in [6.45, 7) is 10.8. The van der Waals surface area contributed by atoms with Gasteiger partial charge in [0, 0.05) is 25.0 Å². The first-order valence-corrected chi connectivity index (χ1v) is 12.6. The first-order valence-electron chi connectivity index (χ1n) is 11.1. The van der Waals surface area contributed by atoms with Crippen LogP contribution in [0.4, 0.5) is 11.5 Å². The monoisotopic (exact) mass is 452 g/mol. The van der Waals surface area contributed by atoms with Gasteiger partial charge in [-0.25, -0.2) is 18.1 Å². The Morgan fingerprint density at radius 3 is 2.23 bits per heavy atom. The lowest BCUT2D eigenvalue weighted by molar-refractivity contribution is -0.120. The number of carbonyl (C=O) groups is 1. The number of aromatic nitrogens is 1. The molecule has 3 rings (SSSR count). The lowest BCUT2D eigenvalue weighted by Crippen LogP contribution is -2.46. The molecule has 0 bridgehead atoms. The fourth-order valence-corrected chi connectivity index (χ4v) is 5.15. The second-order valence-electron chi connectivity index (χ2n) is 9.84. The molecule has 2 heterocycles. The van der Waals surface area contributed by atoms with Crippen molar-refractivity contribution >= 4 is 27.4 Å². The summed E-state index contributed by atoms with van der Waals surface area (Å²) in [5, 5.41) is 2.96. The van der Waals surface area contributed by atoms with E-state index in [1.54, 1.807) is 27.0 Å². The van der Waals surface area contributed by atoms with Crippen molar-refractivity contribution in [2.24, 2.45) is 5.92 Å². The molecule has 0 aromatic carbocycles. The van der Waals surface area contributed by atoms with Gasteiger partial charge in [0.25, 0.3) is 0 Å². The van der Waals surface area contributed by atoms with E-state index in [1.165, 1.54) is 0 Å². The van der Waals surface area contributed by atoms with Crippen LogP contribution in [0.5, 0.6) is 0 Å². The SMILES string of the molecule is C[C@@H]1CN(c2ccc(NC(=O)[C@H]3CC[C@H](NS(=O)(=O)C(C)(C)C)CC3)cn2)C[C@H](C)O1. The van der Waals surface area contributed by atoms with Crippen molar-refractivity contribution in [1.82, 2.24) is 9.71 Å². The van der Waals surface area contributed by atoms with Crippen LogP contribution in [0.25, 0.3) is 0 Å². The second-order valence-corrected chi connectivity index (χ2v) is 12.3. The molecule has 2 aliphatic rings. The number of pyridine rings is 1. The second kappa shape index (κ2) is 9.42. The number of nitrogens with zero attached hydrogens (tertiary/aromatic N) is 2. The first-order chi connectivity index (χ1) is 14.4. The number of nitrogens with one attached hydrogen (secondary N) is 2. The maximum atomic E-state index is 12.7. The van der Waals surface area contributed by atoms with Crippen molar-refractivity contribution in [3.63, 3.8) is 0 Å². The summed E-state index contributed by atoms with van der Waals surface area (Å²) < 4.78 is 32.4. The third-order valence-corrected chi connectivity index (χ3v) is 8.24. The summed E-state index contributed by atoms with van der Waals surface area (Å²) in [6, 6.07) is 3.71. The maximum Gasteiger partial charge on any atom is 0.227 e. The summed E-state index contributed by atoms with van der Waals surface area (Å²) in [5.41, 5.74) is 0.679. The van der Waals surface area contributed by atoms with E-state index in [9.17, 15) is 13.2 Å². The van der Waals surface area contributed by atoms with Crippen molar-refractivity contribution in [1.29, 1.82) is 0 Å². The molecular weight excluding hydrogens is 416 g/mol. The van der Waals surface area contributed by atoms with E-state index in [0.29, 0.717) is 31.4 Å². The molecule has 174 valence electrons. The maximum absolute atomic E-state index is 12.7. The first kappa shape index (κ1) is 23.9. The number of rotatable bonds is 5. The Morgan fingerprint density at radius 1 is 1.10 bits per heavy atom. The number of amides is 1. The van der Waals surface area contributed by atoms with Crippen LogP contribution in [0.3, 0.4) is 0 Å². The van der Waals surface area contributed by atoms with Gasteiger partial charge in [0.1, 0.15) is 5.82 Å². The van der Waals surface area contributed by atoms with Crippen LogP contribution in [0.15, 0.2) is 18.3 Å². The molecule has 0 radical (unpaired) electrons. The molecule has 1 saturated heterocycles. The van der Waals surface area contributed by atoms with Crippen molar-refractivity contribution in [3.8, 4) is 0 Å². The van der Waals surface area contributed by atoms with Gasteiger partial charge >= 0.3 is 0 Å². The zero-order valence-corrected chi connectivity index (χ0v) is 20.0. The number of carbonyl (C=O) groups excluding carboxylic acids is 1. The van der Waals surface area contributed by atoms with E-state index < -0.39 is 14.8 Å². The third-order valence-electron chi connectivity index (χ3n) is 5.98. The van der Waals surface area contributed by atoms with E-state index in [4.69, 9.17) is 4.74 Å². The quantitative estimate of drug-likeness (QED) is 0.712. The Labute approximate surface area is 186 Å². The van der Waals surface area contributed by atoms with E-state index in [0.717, 1.165) is 18.9 Å². The van der Waals surface area contributed by atoms with Gasteiger partial charge in [0.05, 0.1) is 28.8 Å². The summed E-state index contributed by atoms with van der Waals surface area (Å²) in [4.78, 5) is 19.4. The van der Waals surface area contributed by atoms with E-state index in [-0.39, 0.29) is 30.1 Å². The Kier molecular flexibility index (Phi) is 7.28. The average molecular weight is 453 g/mol. The van der Waals surface area contributed by atoms with E-state index in [2.05, 4.69) is 33.8 Å². The molecule has 2 N–H and O–H groups in total. The summed E-state index contributed by atoms with van der Waals surface area (Å²) in [6.07, 6.45) is 4.67. The molecule has 1 aromatic heterocycles. The largest absolute Gasteiger partial charge is 0.372 e. The van der Waals surface area contributed by atoms with Crippen LogP contribution in [-0.2, 0) is 19.6 Å². The van der Waals surface area contributed by atoms with Gasteiger partial charge in [-0.1, -0.05) is 0 Å². The van der Waals surface area contributed by atoms with Crippen LogP contribution in [0.1, 0.15) is 60.3 Å². The van der Waals surface area contributed by atoms with Gasteiger partial charge in [0.15, 0.2) is 0 Å². The molecule has 1 aliphatic carbocycles. The smallest absolute Gasteiger partial charge is 0.227 e. The molecule has 2 atom stereocenters. The van der Waals surface area contributed by atoms with Crippen LogP contribution in [0, 0.1) is 5.92 Å². The lowest BCUT2D eigenvalue weighted by Gasteiger charge is -2.36. The number of morpholine rings is 1. The molecular formula is C22H36N4O4S. The predicted octanol–water partition coefficient (Wildman–Crippen LogP) is 2.91. The minimum absolute atomic E-state index is 0.0275. The molecule has 0 unspecified atom stereocenters. The Hall–Kier alpha value is -1.71. The fraction of sp³-hybridized carbons (Fsp3) is 0.727. The van der Waals surface area contributed by atoms with E-state index in [1.807, 2.05) is 12.1 Å². The molecule has 31 heavy (non-hydrogen) atoms. The molecule has 1 aromatic rings. The molecule has 0 spiro atoms. The minimum atomic E-state index is -3.37. The van der Waals surface area contributed by atoms with Gasteiger partial charge in [-0.05, 0) is 72.4 Å². The molecule has 2 fully saturated rings. The highest BCUT2D eigenvalue weighted by Crippen LogP contribution is 2.28. The lowest BCUT2D eigenvalue weighted by atomic mass is 9.86. The number of sulfonamides is 1. The highest BCUT2D eigenvalue weighted by Gasteiger charge is 2.34. The van der Waals surface area contributed by atoms with Crippen LogP contribution in [-0.4, -0.2) is 55.4 Å². The number of hydrogen-bond acceptors (Lipinski definition) is 6. The molecule has 1 aliphatic heterocycles. The Morgan fingerprint density at radius 2 is 1.71 bits per heavy atom. The van der Waals surface area contributed by atoms with Crippen LogP contribution in [0.2, 0.25) is 0 Å².